The van der Waals surface area contributed by atoms with Crippen molar-refractivity contribution in [1.82, 2.24) is 15.1 Å². The molecule has 1 aromatic heterocycles. The van der Waals surface area contributed by atoms with Crippen LogP contribution in [0.3, 0.4) is 0 Å². The Kier molecular flexibility index (Phi) is 5.56. The molecule has 156 valence electrons. The van der Waals surface area contributed by atoms with Gasteiger partial charge in [-0.05, 0) is 29.9 Å². The van der Waals surface area contributed by atoms with Gasteiger partial charge >= 0.3 is 0 Å². The van der Waals surface area contributed by atoms with Gasteiger partial charge in [0.15, 0.2) is 0 Å². The fourth-order valence-electron chi connectivity index (χ4n) is 3.87. The molecule has 0 aliphatic carbocycles. The van der Waals surface area contributed by atoms with Gasteiger partial charge in [-0.25, -0.2) is 9.49 Å². The Labute approximate surface area is 173 Å². The molecule has 1 aliphatic rings. The summed E-state index contributed by atoms with van der Waals surface area (Å²) < 4.78 is 27.0. The number of H-pyrrole nitrogens is 1. The first kappa shape index (κ1) is 20.5. The standard InChI is InChI=1S/C22H23FN3O3P/c1-2-30(29)11-9-26(10-12-30)22(28)18-13-15(7-8-19(18)23)14-20-16-5-3-4-6-17(16)21(27)25-24-20/h3-8,13H,2,9-12,14H2,1H3,(H,25,27). The lowest BCUT2D eigenvalue weighted by atomic mass is 10.0. The topological polar surface area (TPSA) is 83.1 Å². The number of rotatable bonds is 4. The van der Waals surface area contributed by atoms with Gasteiger partial charge in [0, 0.05) is 37.2 Å². The number of benzene rings is 2. The van der Waals surface area contributed by atoms with E-state index >= 15 is 0 Å². The highest BCUT2D eigenvalue weighted by atomic mass is 31.2. The van der Waals surface area contributed by atoms with Gasteiger partial charge in [0.2, 0.25) is 0 Å². The van der Waals surface area contributed by atoms with Crippen molar-refractivity contribution in [3.63, 3.8) is 0 Å². The Balaban J connectivity index is 1.60. The van der Waals surface area contributed by atoms with Crippen LogP contribution in [-0.2, 0) is 11.0 Å². The van der Waals surface area contributed by atoms with Crippen molar-refractivity contribution in [3.05, 3.63) is 75.5 Å². The molecule has 1 aliphatic heterocycles. The Hall–Kier alpha value is -2.79. The quantitative estimate of drug-likeness (QED) is 0.646. The van der Waals surface area contributed by atoms with Crippen LogP contribution in [0.1, 0.15) is 28.5 Å². The van der Waals surface area contributed by atoms with Crippen LogP contribution < -0.4 is 5.56 Å². The molecule has 2 aromatic carbocycles. The number of nitrogens with one attached hydrogen (secondary N) is 1. The molecule has 1 fully saturated rings. The van der Waals surface area contributed by atoms with Gasteiger partial charge in [-0.2, -0.15) is 5.10 Å². The molecule has 1 saturated heterocycles. The minimum Gasteiger partial charge on any atom is -0.338 e. The summed E-state index contributed by atoms with van der Waals surface area (Å²) in [4.78, 5) is 26.5. The normalized spacial score (nSPS) is 16.0. The van der Waals surface area contributed by atoms with Gasteiger partial charge in [0.1, 0.15) is 5.82 Å². The fraction of sp³-hybridized carbons (Fsp3) is 0.318. The number of hydrogen-bond donors (Lipinski definition) is 1. The molecule has 8 heteroatoms. The molecule has 0 saturated carbocycles. The fourth-order valence-corrected chi connectivity index (χ4v) is 5.93. The number of aromatic nitrogens is 2. The van der Waals surface area contributed by atoms with Crippen LogP contribution in [0.15, 0.2) is 47.3 Å². The van der Waals surface area contributed by atoms with E-state index in [9.17, 15) is 18.5 Å². The molecule has 0 spiro atoms. The Morgan fingerprint density at radius 3 is 2.57 bits per heavy atom. The molecule has 0 unspecified atom stereocenters. The molecule has 0 radical (unpaired) electrons. The van der Waals surface area contributed by atoms with Gasteiger partial charge in [0.25, 0.3) is 11.5 Å². The summed E-state index contributed by atoms with van der Waals surface area (Å²) in [5, 5.41) is 7.91. The molecule has 4 rings (SSSR count). The van der Waals surface area contributed by atoms with Crippen LogP contribution in [0.2, 0.25) is 0 Å². The minimum atomic E-state index is -2.18. The van der Waals surface area contributed by atoms with Crippen LogP contribution in [0.25, 0.3) is 10.8 Å². The molecule has 30 heavy (non-hydrogen) atoms. The van der Waals surface area contributed by atoms with Gasteiger partial charge in [-0.1, -0.05) is 31.2 Å². The average Bonchev–Trinajstić information content (AvgIpc) is 2.77. The van der Waals surface area contributed by atoms with E-state index in [0.29, 0.717) is 49.1 Å². The number of carbonyl (C=O) groups is 1. The second-order valence-corrected chi connectivity index (χ2v) is 11.3. The summed E-state index contributed by atoms with van der Waals surface area (Å²) in [6.07, 6.45) is 1.97. The summed E-state index contributed by atoms with van der Waals surface area (Å²) in [6, 6.07) is 11.6. The maximum absolute atomic E-state index is 14.5. The summed E-state index contributed by atoms with van der Waals surface area (Å²) in [6.45, 7) is 2.69. The highest BCUT2D eigenvalue weighted by molar-refractivity contribution is 7.64. The first-order valence-electron chi connectivity index (χ1n) is 10.0. The van der Waals surface area contributed by atoms with E-state index in [4.69, 9.17) is 0 Å². The molecule has 0 atom stereocenters. The highest BCUT2D eigenvalue weighted by Crippen LogP contribution is 2.46. The van der Waals surface area contributed by atoms with Crippen molar-refractivity contribution in [3.8, 4) is 0 Å². The van der Waals surface area contributed by atoms with Crippen molar-refractivity contribution in [2.24, 2.45) is 0 Å². The van der Waals surface area contributed by atoms with Crippen molar-refractivity contribution >= 4 is 23.8 Å². The lowest BCUT2D eigenvalue weighted by Crippen LogP contribution is -2.40. The van der Waals surface area contributed by atoms with Crippen LogP contribution in [0.5, 0.6) is 0 Å². The van der Waals surface area contributed by atoms with E-state index in [0.717, 1.165) is 10.9 Å². The largest absolute Gasteiger partial charge is 0.338 e. The maximum Gasteiger partial charge on any atom is 0.272 e. The van der Waals surface area contributed by atoms with E-state index in [2.05, 4.69) is 10.2 Å². The zero-order chi connectivity index (χ0) is 21.3. The summed E-state index contributed by atoms with van der Waals surface area (Å²) in [5.74, 6) is -0.955. The zero-order valence-corrected chi connectivity index (χ0v) is 17.6. The van der Waals surface area contributed by atoms with Gasteiger partial charge in [-0.15, -0.1) is 0 Å². The highest BCUT2D eigenvalue weighted by Gasteiger charge is 2.30. The predicted molar refractivity (Wildman–Crippen MR) is 115 cm³/mol. The maximum atomic E-state index is 14.5. The molecule has 1 amide bonds. The van der Waals surface area contributed by atoms with E-state index in [1.54, 1.807) is 29.2 Å². The smallest absolute Gasteiger partial charge is 0.272 e. The average molecular weight is 427 g/mol. The van der Waals surface area contributed by atoms with Crippen LogP contribution in [0, 0.1) is 5.82 Å². The van der Waals surface area contributed by atoms with Crippen molar-refractivity contribution in [2.45, 2.75) is 13.3 Å². The molecular formula is C22H23FN3O3P. The van der Waals surface area contributed by atoms with Gasteiger partial charge in [-0.3, -0.25) is 9.59 Å². The molecule has 3 aromatic rings. The van der Waals surface area contributed by atoms with Crippen LogP contribution in [0.4, 0.5) is 4.39 Å². The molecule has 1 N–H and O–H groups in total. The number of amides is 1. The van der Waals surface area contributed by atoms with Crippen LogP contribution >= 0.6 is 7.14 Å². The van der Waals surface area contributed by atoms with E-state index in [1.807, 2.05) is 19.1 Å². The molecule has 0 bridgehead atoms. The predicted octanol–water partition coefficient (Wildman–Crippen LogP) is 3.49. The van der Waals surface area contributed by atoms with Crippen molar-refractivity contribution in [1.29, 1.82) is 0 Å². The second kappa shape index (κ2) is 8.15. The monoisotopic (exact) mass is 427 g/mol. The molecule has 2 heterocycles. The number of nitrogens with zero attached hydrogens (tertiary/aromatic N) is 2. The van der Waals surface area contributed by atoms with Crippen molar-refractivity contribution in [2.75, 3.05) is 31.6 Å². The third-order valence-electron chi connectivity index (χ3n) is 5.83. The van der Waals surface area contributed by atoms with E-state index in [-0.39, 0.29) is 17.0 Å². The van der Waals surface area contributed by atoms with Crippen LogP contribution in [-0.4, -0.2) is 52.6 Å². The summed E-state index contributed by atoms with van der Waals surface area (Å²) in [7, 11) is -2.18. The first-order chi connectivity index (χ1) is 14.4. The SMILES string of the molecule is CCP1(=O)CCN(C(=O)c2cc(Cc3n[nH]c(=O)c4ccccc34)ccc2F)CC1. The summed E-state index contributed by atoms with van der Waals surface area (Å²) >= 11 is 0. The second-order valence-electron chi connectivity index (χ2n) is 7.65. The van der Waals surface area contributed by atoms with E-state index in [1.165, 1.54) is 6.07 Å². The lowest BCUT2D eigenvalue weighted by molar-refractivity contribution is 0.0764. The summed E-state index contributed by atoms with van der Waals surface area (Å²) in [5.41, 5.74) is 1.12. The minimum absolute atomic E-state index is 0.00876. The van der Waals surface area contributed by atoms with Crippen molar-refractivity contribution < 1.29 is 13.8 Å². The number of fused-ring (bicyclic) bond motifs is 1. The molecule has 6 nitrogen and oxygen atoms in total. The Bertz CT molecular complexity index is 1210. The van der Waals surface area contributed by atoms with Gasteiger partial charge < -0.3 is 9.46 Å². The number of carbonyl (C=O) groups excluding carboxylic acids is 1. The van der Waals surface area contributed by atoms with E-state index < -0.39 is 13.0 Å². The molecular weight excluding hydrogens is 404 g/mol. The number of halogens is 1. The number of hydrogen-bond acceptors (Lipinski definition) is 4. The Morgan fingerprint density at radius 1 is 1.17 bits per heavy atom. The zero-order valence-electron chi connectivity index (χ0n) is 16.7. The Morgan fingerprint density at radius 2 is 1.87 bits per heavy atom. The third-order valence-corrected chi connectivity index (χ3v) is 9.01. The van der Waals surface area contributed by atoms with Gasteiger partial charge in [0.05, 0.1) is 23.8 Å². The number of aromatic amines is 1. The first-order valence-corrected chi connectivity index (χ1v) is 12.3. The lowest BCUT2D eigenvalue weighted by Gasteiger charge is -2.32. The third kappa shape index (κ3) is 3.94.